The third-order valence-electron chi connectivity index (χ3n) is 1.76. The fraction of sp³-hybridized carbons (Fsp3) is 0.364. The molecule has 0 spiro atoms. The molecular formula is C11H14ClNOS. The third-order valence-corrected chi connectivity index (χ3v) is 3.02. The van der Waals surface area contributed by atoms with Gasteiger partial charge in [-0.1, -0.05) is 18.5 Å². The summed E-state index contributed by atoms with van der Waals surface area (Å²) in [7, 11) is 0. The molecule has 4 heteroatoms. The molecule has 0 aliphatic heterocycles. The van der Waals surface area contributed by atoms with E-state index in [-0.39, 0.29) is 5.91 Å². The molecule has 0 aliphatic carbocycles. The Morgan fingerprint density at radius 3 is 2.67 bits per heavy atom. The zero-order valence-corrected chi connectivity index (χ0v) is 10.2. The highest BCUT2D eigenvalue weighted by Crippen LogP contribution is 2.19. The Morgan fingerprint density at radius 1 is 1.40 bits per heavy atom. The van der Waals surface area contributed by atoms with Crippen LogP contribution in [-0.4, -0.2) is 18.2 Å². The van der Waals surface area contributed by atoms with Crippen molar-refractivity contribution in [3.8, 4) is 0 Å². The van der Waals surface area contributed by atoms with E-state index >= 15 is 0 Å². The molecule has 0 heterocycles. The first-order valence-corrected chi connectivity index (χ1v) is 6.24. The van der Waals surface area contributed by atoms with E-state index in [9.17, 15) is 4.79 Å². The van der Waals surface area contributed by atoms with E-state index in [0.717, 1.165) is 22.9 Å². The highest BCUT2D eigenvalue weighted by atomic mass is 35.5. The monoisotopic (exact) mass is 243 g/mol. The second-order valence-corrected chi connectivity index (χ2v) is 4.58. The van der Waals surface area contributed by atoms with Gasteiger partial charge in [-0.3, -0.25) is 4.79 Å². The van der Waals surface area contributed by atoms with Crippen LogP contribution in [0.15, 0.2) is 29.2 Å². The molecule has 1 rings (SSSR count). The molecule has 1 aromatic rings. The Labute approximate surface area is 99.4 Å². The number of hydrogen-bond donors (Lipinski definition) is 1. The molecule has 2 nitrogen and oxygen atoms in total. The van der Waals surface area contributed by atoms with Crippen LogP contribution in [0.3, 0.4) is 0 Å². The topological polar surface area (TPSA) is 29.1 Å². The lowest BCUT2D eigenvalue weighted by Gasteiger charge is -2.03. The number of carbonyl (C=O) groups excluding carboxylic acids is 1. The number of benzene rings is 1. The normalized spacial score (nSPS) is 10.0. The predicted octanol–water partition coefficient (Wildman–Crippen LogP) is 2.96. The lowest BCUT2D eigenvalue weighted by atomic mass is 10.4. The molecule has 1 amide bonds. The fourth-order valence-electron chi connectivity index (χ4n) is 0.995. The third kappa shape index (κ3) is 5.09. The maximum absolute atomic E-state index is 11.3. The summed E-state index contributed by atoms with van der Waals surface area (Å²) in [6.45, 7) is 2.78. The summed E-state index contributed by atoms with van der Waals surface area (Å²) in [4.78, 5) is 12.3. The van der Waals surface area contributed by atoms with Crippen molar-refractivity contribution in [2.75, 3.05) is 12.3 Å². The molecule has 0 radical (unpaired) electrons. The van der Waals surface area contributed by atoms with E-state index in [4.69, 9.17) is 11.6 Å². The van der Waals surface area contributed by atoms with Crippen molar-refractivity contribution in [1.29, 1.82) is 0 Å². The van der Waals surface area contributed by atoms with Crippen LogP contribution >= 0.6 is 23.4 Å². The highest BCUT2D eigenvalue weighted by Gasteiger charge is 2.01. The molecule has 0 atom stereocenters. The molecule has 1 aromatic carbocycles. The zero-order chi connectivity index (χ0) is 11.1. The predicted molar refractivity (Wildman–Crippen MR) is 65.5 cm³/mol. The Bertz CT molecular complexity index is 313. The minimum atomic E-state index is 0.0804. The first kappa shape index (κ1) is 12.4. The largest absolute Gasteiger partial charge is 0.355 e. The molecule has 0 aromatic heterocycles. The summed E-state index contributed by atoms with van der Waals surface area (Å²) < 4.78 is 0. The molecule has 1 N–H and O–H groups in total. The van der Waals surface area contributed by atoms with Crippen LogP contribution in [-0.2, 0) is 4.79 Å². The number of amides is 1. The Kier molecular flexibility index (Phi) is 5.58. The van der Waals surface area contributed by atoms with Gasteiger partial charge in [0, 0.05) is 16.5 Å². The minimum absolute atomic E-state index is 0.0804. The van der Waals surface area contributed by atoms with Gasteiger partial charge < -0.3 is 5.32 Å². The molecule has 0 saturated heterocycles. The van der Waals surface area contributed by atoms with Crippen molar-refractivity contribution in [3.63, 3.8) is 0 Å². The van der Waals surface area contributed by atoms with Crippen molar-refractivity contribution in [3.05, 3.63) is 29.3 Å². The molecule has 0 unspecified atom stereocenters. The van der Waals surface area contributed by atoms with Gasteiger partial charge in [-0.15, -0.1) is 11.8 Å². The Morgan fingerprint density at radius 2 is 2.07 bits per heavy atom. The highest BCUT2D eigenvalue weighted by molar-refractivity contribution is 8.00. The van der Waals surface area contributed by atoms with Crippen LogP contribution in [0.1, 0.15) is 13.3 Å². The van der Waals surface area contributed by atoms with Crippen LogP contribution in [0.25, 0.3) is 0 Å². The van der Waals surface area contributed by atoms with Gasteiger partial charge in [-0.2, -0.15) is 0 Å². The fourth-order valence-corrected chi connectivity index (χ4v) is 1.85. The van der Waals surface area contributed by atoms with E-state index in [0.29, 0.717) is 5.75 Å². The maximum atomic E-state index is 11.3. The second kappa shape index (κ2) is 6.75. The Hall–Kier alpha value is -0.670. The minimum Gasteiger partial charge on any atom is -0.355 e. The summed E-state index contributed by atoms with van der Waals surface area (Å²) in [5, 5.41) is 3.55. The van der Waals surface area contributed by atoms with Gasteiger partial charge in [0.05, 0.1) is 5.75 Å². The van der Waals surface area contributed by atoms with E-state index in [2.05, 4.69) is 5.32 Å². The molecule has 0 bridgehead atoms. The quantitative estimate of drug-likeness (QED) is 0.806. The average molecular weight is 244 g/mol. The zero-order valence-electron chi connectivity index (χ0n) is 8.63. The van der Waals surface area contributed by atoms with Crippen molar-refractivity contribution >= 4 is 29.3 Å². The van der Waals surface area contributed by atoms with Crippen LogP contribution in [0.5, 0.6) is 0 Å². The van der Waals surface area contributed by atoms with Gasteiger partial charge in [-0.05, 0) is 30.7 Å². The molecule has 0 aliphatic rings. The van der Waals surface area contributed by atoms with Gasteiger partial charge in [-0.25, -0.2) is 0 Å². The molecule has 15 heavy (non-hydrogen) atoms. The van der Waals surface area contributed by atoms with Gasteiger partial charge in [0.1, 0.15) is 0 Å². The first-order chi connectivity index (χ1) is 7.22. The summed E-state index contributed by atoms with van der Waals surface area (Å²) in [6.07, 6.45) is 0.970. The first-order valence-electron chi connectivity index (χ1n) is 4.87. The number of nitrogens with one attached hydrogen (secondary N) is 1. The maximum Gasteiger partial charge on any atom is 0.230 e. The molecule has 82 valence electrons. The number of halogens is 1. The molecular weight excluding hydrogens is 230 g/mol. The number of hydrogen-bond acceptors (Lipinski definition) is 2. The van der Waals surface area contributed by atoms with Crippen molar-refractivity contribution in [1.82, 2.24) is 5.32 Å². The summed E-state index contributed by atoms with van der Waals surface area (Å²) in [5.41, 5.74) is 0. The van der Waals surface area contributed by atoms with E-state index < -0.39 is 0 Å². The second-order valence-electron chi connectivity index (χ2n) is 3.09. The summed E-state index contributed by atoms with van der Waals surface area (Å²) >= 11 is 7.27. The van der Waals surface area contributed by atoms with Gasteiger partial charge in [0.25, 0.3) is 0 Å². The SMILES string of the molecule is CCCNC(=O)CSc1ccc(Cl)cc1. The van der Waals surface area contributed by atoms with E-state index in [1.54, 1.807) is 0 Å². The smallest absolute Gasteiger partial charge is 0.230 e. The standard InChI is InChI=1S/C11H14ClNOS/c1-2-7-13-11(14)8-15-10-5-3-9(12)4-6-10/h3-6H,2,7-8H2,1H3,(H,13,14). The molecule has 0 saturated carbocycles. The van der Waals surface area contributed by atoms with Gasteiger partial charge in [0.15, 0.2) is 0 Å². The van der Waals surface area contributed by atoms with Crippen LogP contribution < -0.4 is 5.32 Å². The lowest BCUT2D eigenvalue weighted by molar-refractivity contribution is -0.118. The number of thioether (sulfide) groups is 1. The number of carbonyl (C=O) groups is 1. The van der Waals surface area contributed by atoms with E-state index in [1.807, 2.05) is 31.2 Å². The Balaban J connectivity index is 2.30. The summed E-state index contributed by atoms with van der Waals surface area (Å²) in [6, 6.07) is 7.49. The number of rotatable bonds is 5. The van der Waals surface area contributed by atoms with Gasteiger partial charge >= 0.3 is 0 Å². The van der Waals surface area contributed by atoms with E-state index in [1.165, 1.54) is 11.8 Å². The van der Waals surface area contributed by atoms with Crippen molar-refractivity contribution in [2.45, 2.75) is 18.2 Å². The van der Waals surface area contributed by atoms with Gasteiger partial charge in [0.2, 0.25) is 5.91 Å². The summed E-state index contributed by atoms with van der Waals surface area (Å²) in [5.74, 6) is 0.540. The van der Waals surface area contributed by atoms with Crippen molar-refractivity contribution in [2.24, 2.45) is 0 Å². The van der Waals surface area contributed by atoms with Crippen LogP contribution in [0.2, 0.25) is 5.02 Å². The van der Waals surface area contributed by atoms with Crippen LogP contribution in [0.4, 0.5) is 0 Å². The average Bonchev–Trinajstić information content (AvgIpc) is 2.25. The van der Waals surface area contributed by atoms with Crippen LogP contribution in [0, 0.1) is 0 Å². The molecule has 0 fully saturated rings. The van der Waals surface area contributed by atoms with Crippen molar-refractivity contribution < 1.29 is 4.79 Å². The lowest BCUT2D eigenvalue weighted by Crippen LogP contribution is -2.25.